The van der Waals surface area contributed by atoms with Gasteiger partial charge >= 0.3 is 0 Å². The van der Waals surface area contributed by atoms with Gasteiger partial charge in [-0.05, 0) is 29.2 Å². The molecule has 0 saturated heterocycles. The molecule has 0 radical (unpaired) electrons. The first kappa shape index (κ1) is 8.52. The molecule has 0 atom stereocenters. The SMILES string of the molecule is Fc1cncc(-c2nsc(Cl)n2)c1. The number of nitrogens with zero attached hydrogens (tertiary/aromatic N) is 3. The van der Waals surface area contributed by atoms with Gasteiger partial charge in [-0.15, -0.1) is 0 Å². The van der Waals surface area contributed by atoms with E-state index < -0.39 is 5.82 Å². The molecule has 66 valence electrons. The molecule has 0 N–H and O–H groups in total. The molecule has 0 aliphatic rings. The van der Waals surface area contributed by atoms with Crippen LogP contribution in [-0.4, -0.2) is 14.3 Å². The summed E-state index contributed by atoms with van der Waals surface area (Å²) in [4.78, 5) is 7.56. The van der Waals surface area contributed by atoms with Crippen molar-refractivity contribution in [3.8, 4) is 11.4 Å². The van der Waals surface area contributed by atoms with Crippen molar-refractivity contribution in [3.05, 3.63) is 28.7 Å². The summed E-state index contributed by atoms with van der Waals surface area (Å²) in [6.07, 6.45) is 2.61. The van der Waals surface area contributed by atoms with Crippen molar-refractivity contribution >= 4 is 23.1 Å². The maximum atomic E-state index is 12.7. The van der Waals surface area contributed by atoms with E-state index in [1.807, 2.05) is 0 Å². The first-order chi connectivity index (χ1) is 6.25. The molecule has 2 rings (SSSR count). The first-order valence-corrected chi connectivity index (χ1v) is 4.51. The summed E-state index contributed by atoms with van der Waals surface area (Å²) < 4.78 is 17.0. The second-order valence-corrected chi connectivity index (χ2v) is 3.60. The van der Waals surface area contributed by atoms with Crippen molar-refractivity contribution < 1.29 is 4.39 Å². The maximum absolute atomic E-state index is 12.7. The molecule has 0 spiro atoms. The molecule has 0 amide bonds. The van der Waals surface area contributed by atoms with E-state index in [0.717, 1.165) is 17.7 Å². The summed E-state index contributed by atoms with van der Waals surface area (Å²) in [5.41, 5.74) is 0.531. The normalized spacial score (nSPS) is 10.3. The second-order valence-electron chi connectivity index (χ2n) is 2.26. The highest BCUT2D eigenvalue weighted by atomic mass is 35.5. The topological polar surface area (TPSA) is 38.7 Å². The zero-order valence-electron chi connectivity index (χ0n) is 6.24. The lowest BCUT2D eigenvalue weighted by Gasteiger charge is -1.92. The molecule has 0 saturated carbocycles. The van der Waals surface area contributed by atoms with Gasteiger partial charge < -0.3 is 0 Å². The number of pyridine rings is 1. The van der Waals surface area contributed by atoms with Crippen LogP contribution >= 0.6 is 23.1 Å². The minimum Gasteiger partial charge on any atom is -0.261 e. The van der Waals surface area contributed by atoms with E-state index >= 15 is 0 Å². The molecular formula is C7H3ClFN3S. The molecule has 0 aromatic carbocycles. The molecule has 13 heavy (non-hydrogen) atoms. The zero-order valence-corrected chi connectivity index (χ0v) is 7.81. The second kappa shape index (κ2) is 3.35. The fourth-order valence-electron chi connectivity index (χ4n) is 0.856. The van der Waals surface area contributed by atoms with Crippen molar-refractivity contribution in [2.45, 2.75) is 0 Å². The average Bonchev–Trinajstić information content (AvgIpc) is 2.52. The molecular weight excluding hydrogens is 213 g/mol. The van der Waals surface area contributed by atoms with Crippen molar-refractivity contribution in [2.75, 3.05) is 0 Å². The van der Waals surface area contributed by atoms with Crippen LogP contribution in [0.1, 0.15) is 0 Å². The fourth-order valence-corrected chi connectivity index (χ4v) is 1.48. The van der Waals surface area contributed by atoms with E-state index in [0.29, 0.717) is 15.9 Å². The summed E-state index contributed by atoms with van der Waals surface area (Å²) in [6, 6.07) is 1.31. The standard InChI is InChI=1S/C7H3ClFN3S/c8-7-11-6(12-13-7)4-1-5(9)3-10-2-4/h1-3H. The van der Waals surface area contributed by atoms with Crippen LogP contribution in [0.2, 0.25) is 4.47 Å². The molecule has 2 aromatic heterocycles. The fraction of sp³-hybridized carbons (Fsp3) is 0. The first-order valence-electron chi connectivity index (χ1n) is 3.36. The van der Waals surface area contributed by atoms with Crippen molar-refractivity contribution in [2.24, 2.45) is 0 Å². The minimum atomic E-state index is -0.413. The van der Waals surface area contributed by atoms with Gasteiger partial charge in [0.15, 0.2) is 5.82 Å². The highest BCUT2D eigenvalue weighted by Gasteiger charge is 2.05. The van der Waals surface area contributed by atoms with E-state index in [4.69, 9.17) is 11.6 Å². The summed E-state index contributed by atoms with van der Waals surface area (Å²) in [5.74, 6) is -0.00887. The largest absolute Gasteiger partial charge is 0.261 e. The maximum Gasteiger partial charge on any atom is 0.203 e. The van der Waals surface area contributed by atoms with Crippen molar-refractivity contribution in [1.82, 2.24) is 14.3 Å². The predicted octanol–water partition coefficient (Wildman–Crippen LogP) is 2.39. The van der Waals surface area contributed by atoms with E-state index in [2.05, 4.69) is 14.3 Å². The van der Waals surface area contributed by atoms with Gasteiger partial charge in [0.1, 0.15) is 5.82 Å². The third-order valence-electron chi connectivity index (χ3n) is 1.36. The molecule has 0 aliphatic heterocycles. The number of hydrogen-bond donors (Lipinski definition) is 0. The highest BCUT2D eigenvalue weighted by molar-refractivity contribution is 7.10. The lowest BCUT2D eigenvalue weighted by Crippen LogP contribution is -1.84. The Balaban J connectivity index is 2.46. The lowest BCUT2D eigenvalue weighted by atomic mass is 10.3. The molecule has 0 bridgehead atoms. The Morgan fingerprint density at radius 3 is 2.85 bits per heavy atom. The highest BCUT2D eigenvalue weighted by Crippen LogP contribution is 2.20. The van der Waals surface area contributed by atoms with Crippen LogP contribution in [0, 0.1) is 5.82 Å². The summed E-state index contributed by atoms with van der Waals surface area (Å²) in [6.45, 7) is 0. The van der Waals surface area contributed by atoms with Gasteiger partial charge in [-0.1, -0.05) is 0 Å². The number of hydrogen-bond acceptors (Lipinski definition) is 4. The number of halogens is 2. The molecule has 0 aliphatic carbocycles. The van der Waals surface area contributed by atoms with Gasteiger partial charge in [-0.25, -0.2) is 9.37 Å². The van der Waals surface area contributed by atoms with Crippen LogP contribution < -0.4 is 0 Å². The van der Waals surface area contributed by atoms with Crippen LogP contribution in [-0.2, 0) is 0 Å². The Bertz CT molecular complexity index is 431. The molecule has 2 aromatic rings. The van der Waals surface area contributed by atoms with Crippen molar-refractivity contribution in [1.29, 1.82) is 0 Å². The number of rotatable bonds is 1. The summed E-state index contributed by atoms with van der Waals surface area (Å²) in [5, 5.41) is 0. The van der Waals surface area contributed by atoms with Gasteiger partial charge in [-0.3, -0.25) is 4.98 Å². The Morgan fingerprint density at radius 2 is 2.23 bits per heavy atom. The predicted molar refractivity (Wildman–Crippen MR) is 48.1 cm³/mol. The van der Waals surface area contributed by atoms with Crippen LogP contribution in [0.4, 0.5) is 4.39 Å². The lowest BCUT2D eigenvalue weighted by molar-refractivity contribution is 0.622. The van der Waals surface area contributed by atoms with Gasteiger partial charge in [0.25, 0.3) is 0 Å². The number of aromatic nitrogens is 3. The smallest absolute Gasteiger partial charge is 0.203 e. The van der Waals surface area contributed by atoms with Gasteiger partial charge in [0.2, 0.25) is 4.47 Å². The van der Waals surface area contributed by atoms with Gasteiger partial charge in [0, 0.05) is 11.8 Å². The quantitative estimate of drug-likeness (QED) is 0.733. The minimum absolute atomic E-state index is 0.333. The van der Waals surface area contributed by atoms with Crippen LogP contribution in [0.15, 0.2) is 18.5 Å². The zero-order chi connectivity index (χ0) is 9.26. The van der Waals surface area contributed by atoms with E-state index in [1.54, 1.807) is 0 Å². The third kappa shape index (κ3) is 1.81. The average molecular weight is 216 g/mol. The molecule has 3 nitrogen and oxygen atoms in total. The summed E-state index contributed by atoms with van der Waals surface area (Å²) >= 11 is 6.64. The Morgan fingerprint density at radius 1 is 1.38 bits per heavy atom. The van der Waals surface area contributed by atoms with Crippen LogP contribution in [0.25, 0.3) is 11.4 Å². The monoisotopic (exact) mass is 215 g/mol. The van der Waals surface area contributed by atoms with Gasteiger partial charge in [-0.2, -0.15) is 4.37 Å². The van der Waals surface area contributed by atoms with Crippen molar-refractivity contribution in [3.63, 3.8) is 0 Å². The van der Waals surface area contributed by atoms with E-state index in [1.165, 1.54) is 12.3 Å². The van der Waals surface area contributed by atoms with Crippen LogP contribution in [0.3, 0.4) is 0 Å². The Hall–Kier alpha value is -1.07. The molecule has 0 unspecified atom stereocenters. The Labute approximate surface area is 82.4 Å². The molecule has 2 heterocycles. The van der Waals surface area contributed by atoms with Gasteiger partial charge in [0.05, 0.1) is 6.20 Å². The van der Waals surface area contributed by atoms with E-state index in [-0.39, 0.29) is 0 Å². The van der Waals surface area contributed by atoms with E-state index in [9.17, 15) is 4.39 Å². The third-order valence-corrected chi connectivity index (χ3v) is 2.16. The molecule has 0 fully saturated rings. The molecule has 6 heteroatoms. The Kier molecular flexibility index (Phi) is 2.20. The summed E-state index contributed by atoms with van der Waals surface area (Å²) in [7, 11) is 0. The van der Waals surface area contributed by atoms with Crippen LogP contribution in [0.5, 0.6) is 0 Å².